The van der Waals surface area contributed by atoms with E-state index in [1.807, 2.05) is 30.5 Å². The number of fused-ring (bicyclic) bond motifs is 1. The molecule has 0 aliphatic carbocycles. The monoisotopic (exact) mass is 315 g/mol. The van der Waals surface area contributed by atoms with Crippen LogP contribution in [0.3, 0.4) is 0 Å². The van der Waals surface area contributed by atoms with E-state index in [4.69, 9.17) is 4.52 Å². The van der Waals surface area contributed by atoms with E-state index in [9.17, 15) is 4.79 Å². The SMILES string of the molecule is CCCCNC(=O)c1cc(-c2cccs2)nc2onc(C)c12. The Morgan fingerprint density at radius 3 is 3.05 bits per heavy atom. The van der Waals surface area contributed by atoms with Gasteiger partial charge in [-0.2, -0.15) is 0 Å². The van der Waals surface area contributed by atoms with E-state index in [0.717, 1.165) is 23.4 Å². The predicted molar refractivity (Wildman–Crippen MR) is 87.1 cm³/mol. The van der Waals surface area contributed by atoms with Crippen molar-refractivity contribution in [3.8, 4) is 10.6 Å². The summed E-state index contributed by atoms with van der Waals surface area (Å²) >= 11 is 1.58. The van der Waals surface area contributed by atoms with E-state index in [-0.39, 0.29) is 5.91 Å². The largest absolute Gasteiger partial charge is 0.352 e. The first-order chi connectivity index (χ1) is 10.7. The van der Waals surface area contributed by atoms with Crippen LogP contribution in [0.1, 0.15) is 35.8 Å². The molecule has 3 aromatic rings. The van der Waals surface area contributed by atoms with Crippen molar-refractivity contribution >= 4 is 28.3 Å². The molecular weight excluding hydrogens is 298 g/mol. The molecule has 0 saturated carbocycles. The van der Waals surface area contributed by atoms with Crippen LogP contribution in [0.15, 0.2) is 28.1 Å². The zero-order chi connectivity index (χ0) is 15.5. The Morgan fingerprint density at radius 1 is 1.45 bits per heavy atom. The third-order valence-corrected chi connectivity index (χ3v) is 4.34. The van der Waals surface area contributed by atoms with Gasteiger partial charge in [-0.15, -0.1) is 11.3 Å². The van der Waals surface area contributed by atoms with Crippen LogP contribution < -0.4 is 5.32 Å². The van der Waals surface area contributed by atoms with Gasteiger partial charge in [-0.1, -0.05) is 24.6 Å². The van der Waals surface area contributed by atoms with E-state index >= 15 is 0 Å². The highest BCUT2D eigenvalue weighted by Crippen LogP contribution is 2.29. The Balaban J connectivity index is 2.06. The van der Waals surface area contributed by atoms with Gasteiger partial charge in [-0.25, -0.2) is 4.98 Å². The summed E-state index contributed by atoms with van der Waals surface area (Å²) in [5.41, 5.74) is 2.40. The quantitative estimate of drug-likeness (QED) is 0.727. The van der Waals surface area contributed by atoms with E-state index < -0.39 is 0 Å². The van der Waals surface area contributed by atoms with Gasteiger partial charge < -0.3 is 9.84 Å². The van der Waals surface area contributed by atoms with Gasteiger partial charge in [0.25, 0.3) is 11.6 Å². The van der Waals surface area contributed by atoms with Crippen molar-refractivity contribution in [2.75, 3.05) is 6.54 Å². The van der Waals surface area contributed by atoms with Crippen LogP contribution in [-0.2, 0) is 0 Å². The first-order valence-electron chi connectivity index (χ1n) is 7.29. The van der Waals surface area contributed by atoms with Gasteiger partial charge in [0.05, 0.1) is 27.2 Å². The molecule has 0 saturated heterocycles. The number of thiophene rings is 1. The zero-order valence-corrected chi connectivity index (χ0v) is 13.4. The first kappa shape index (κ1) is 14.7. The summed E-state index contributed by atoms with van der Waals surface area (Å²) in [4.78, 5) is 18.0. The Morgan fingerprint density at radius 2 is 2.32 bits per heavy atom. The molecule has 5 nitrogen and oxygen atoms in total. The molecule has 0 aliphatic rings. The zero-order valence-electron chi connectivity index (χ0n) is 12.5. The van der Waals surface area contributed by atoms with E-state index in [1.165, 1.54) is 0 Å². The molecule has 0 radical (unpaired) electrons. The summed E-state index contributed by atoms with van der Waals surface area (Å²) in [6.07, 6.45) is 2.00. The highest BCUT2D eigenvalue weighted by Gasteiger charge is 2.19. The molecule has 0 aliphatic heterocycles. The summed E-state index contributed by atoms with van der Waals surface area (Å²) in [7, 11) is 0. The summed E-state index contributed by atoms with van der Waals surface area (Å²) in [5.74, 6) is -0.107. The van der Waals surface area contributed by atoms with Crippen LogP contribution in [0.25, 0.3) is 21.7 Å². The third kappa shape index (κ3) is 2.74. The molecular formula is C16H17N3O2S. The number of amides is 1. The van der Waals surface area contributed by atoms with Gasteiger partial charge in [0.1, 0.15) is 0 Å². The van der Waals surface area contributed by atoms with Crippen LogP contribution in [0.5, 0.6) is 0 Å². The molecule has 6 heteroatoms. The normalized spacial score (nSPS) is 11.0. The molecule has 0 unspecified atom stereocenters. The molecule has 3 rings (SSSR count). The fraction of sp³-hybridized carbons (Fsp3) is 0.312. The smallest absolute Gasteiger partial charge is 0.259 e. The number of rotatable bonds is 5. The van der Waals surface area contributed by atoms with Crippen LogP contribution in [0.4, 0.5) is 0 Å². The van der Waals surface area contributed by atoms with E-state index in [1.54, 1.807) is 11.3 Å². The molecule has 1 amide bonds. The molecule has 0 fully saturated rings. The molecule has 3 aromatic heterocycles. The van der Waals surface area contributed by atoms with Crippen LogP contribution in [-0.4, -0.2) is 22.6 Å². The van der Waals surface area contributed by atoms with Crippen molar-refractivity contribution in [1.82, 2.24) is 15.5 Å². The maximum Gasteiger partial charge on any atom is 0.259 e. The van der Waals surface area contributed by atoms with Crippen molar-refractivity contribution in [2.45, 2.75) is 26.7 Å². The molecule has 0 atom stereocenters. The Hall–Kier alpha value is -2.21. The number of carbonyl (C=O) groups is 1. The Bertz CT molecular complexity index is 793. The van der Waals surface area contributed by atoms with Crippen LogP contribution in [0, 0.1) is 6.92 Å². The van der Waals surface area contributed by atoms with Gasteiger partial charge in [-0.3, -0.25) is 4.79 Å². The van der Waals surface area contributed by atoms with Crippen molar-refractivity contribution in [2.24, 2.45) is 0 Å². The number of carbonyl (C=O) groups excluding carboxylic acids is 1. The van der Waals surface area contributed by atoms with Gasteiger partial charge in [0, 0.05) is 6.54 Å². The Kier molecular flexibility index (Phi) is 4.20. The van der Waals surface area contributed by atoms with E-state index in [2.05, 4.69) is 22.4 Å². The van der Waals surface area contributed by atoms with Crippen LogP contribution >= 0.6 is 11.3 Å². The summed E-state index contributed by atoms with van der Waals surface area (Å²) in [6.45, 7) is 4.58. The average molecular weight is 315 g/mol. The fourth-order valence-electron chi connectivity index (χ4n) is 2.30. The molecule has 0 bridgehead atoms. The maximum absolute atomic E-state index is 12.5. The second-order valence-corrected chi connectivity index (χ2v) is 6.04. The molecule has 114 valence electrons. The van der Waals surface area contributed by atoms with Crippen molar-refractivity contribution in [1.29, 1.82) is 0 Å². The highest BCUT2D eigenvalue weighted by molar-refractivity contribution is 7.13. The number of hydrogen-bond acceptors (Lipinski definition) is 5. The van der Waals surface area contributed by atoms with E-state index in [0.29, 0.717) is 28.9 Å². The predicted octanol–water partition coefficient (Wildman–Crippen LogP) is 3.79. The second-order valence-electron chi connectivity index (χ2n) is 5.09. The molecule has 3 heterocycles. The third-order valence-electron chi connectivity index (χ3n) is 3.45. The van der Waals surface area contributed by atoms with Gasteiger partial charge in [0.2, 0.25) is 0 Å². The van der Waals surface area contributed by atoms with Gasteiger partial charge in [-0.05, 0) is 30.9 Å². The van der Waals surface area contributed by atoms with Gasteiger partial charge in [0.15, 0.2) is 0 Å². The standard InChI is InChI=1S/C16H17N3O2S/c1-3-4-7-17-15(20)11-9-12(13-6-5-8-22-13)18-16-14(11)10(2)19-21-16/h5-6,8-9H,3-4,7H2,1-2H3,(H,17,20). The van der Waals surface area contributed by atoms with Crippen molar-refractivity contribution < 1.29 is 9.32 Å². The molecule has 0 spiro atoms. The fourth-order valence-corrected chi connectivity index (χ4v) is 2.98. The average Bonchev–Trinajstić information content (AvgIpc) is 3.17. The lowest BCUT2D eigenvalue weighted by atomic mass is 10.1. The molecule has 0 aromatic carbocycles. The summed E-state index contributed by atoms with van der Waals surface area (Å²) in [5, 5.41) is 9.56. The maximum atomic E-state index is 12.5. The first-order valence-corrected chi connectivity index (χ1v) is 8.17. The minimum atomic E-state index is -0.107. The molecule has 22 heavy (non-hydrogen) atoms. The van der Waals surface area contributed by atoms with Gasteiger partial charge >= 0.3 is 0 Å². The number of aryl methyl sites for hydroxylation is 1. The second kappa shape index (κ2) is 6.27. The number of aromatic nitrogens is 2. The number of unbranched alkanes of at least 4 members (excludes halogenated alkanes) is 1. The van der Waals surface area contributed by atoms with Crippen LogP contribution in [0.2, 0.25) is 0 Å². The lowest BCUT2D eigenvalue weighted by Crippen LogP contribution is -2.24. The molecule has 1 N–H and O–H groups in total. The topological polar surface area (TPSA) is 68.0 Å². The minimum Gasteiger partial charge on any atom is -0.352 e. The minimum absolute atomic E-state index is 0.107. The summed E-state index contributed by atoms with van der Waals surface area (Å²) in [6, 6.07) is 5.75. The highest BCUT2D eigenvalue weighted by atomic mass is 32.1. The summed E-state index contributed by atoms with van der Waals surface area (Å²) < 4.78 is 5.27. The van der Waals surface area contributed by atoms with Crippen molar-refractivity contribution in [3.63, 3.8) is 0 Å². The lowest BCUT2D eigenvalue weighted by Gasteiger charge is -2.07. The Labute approximate surface area is 132 Å². The number of hydrogen-bond donors (Lipinski definition) is 1. The number of pyridine rings is 1. The number of nitrogens with zero attached hydrogens (tertiary/aromatic N) is 2. The lowest BCUT2D eigenvalue weighted by molar-refractivity contribution is 0.0954. The van der Waals surface area contributed by atoms with Crippen molar-refractivity contribution in [3.05, 3.63) is 34.8 Å². The number of nitrogens with one attached hydrogen (secondary N) is 1.